The highest BCUT2D eigenvalue weighted by Crippen LogP contribution is 2.26. The van der Waals surface area contributed by atoms with Gasteiger partial charge in [-0.1, -0.05) is 6.07 Å². The maximum Gasteiger partial charge on any atom is 0.251 e. The lowest BCUT2D eigenvalue weighted by Gasteiger charge is -2.11. The zero-order valence-corrected chi connectivity index (χ0v) is 14.1. The maximum absolute atomic E-state index is 11.8. The molecule has 0 saturated heterocycles. The maximum atomic E-state index is 11.8. The SMILES string of the molecule is CNC(=O)c1ccc(OC)c(NCc2nc(-c3cccs3)n[nH]2)c1. The number of ether oxygens (including phenoxy) is 1. The van der Waals surface area contributed by atoms with Crippen LogP contribution in [0, 0.1) is 0 Å². The van der Waals surface area contributed by atoms with E-state index in [0.717, 1.165) is 4.88 Å². The number of hydrogen-bond donors (Lipinski definition) is 3. The fraction of sp³-hybridized carbons (Fsp3) is 0.188. The standard InChI is InChI=1S/C16H17N5O2S/c1-17-16(22)10-5-6-12(23-2)11(8-10)18-9-14-19-15(21-20-14)13-4-3-7-24-13/h3-8,18H,9H2,1-2H3,(H,17,22)(H,19,20,21). The van der Waals surface area contributed by atoms with Crippen LogP contribution in [0.15, 0.2) is 35.7 Å². The first kappa shape index (κ1) is 16.0. The Morgan fingerprint density at radius 2 is 2.25 bits per heavy atom. The number of aromatic amines is 1. The van der Waals surface area contributed by atoms with Crippen LogP contribution >= 0.6 is 11.3 Å². The summed E-state index contributed by atoms with van der Waals surface area (Å²) in [6.45, 7) is 0.436. The second-order valence-electron chi connectivity index (χ2n) is 4.93. The number of carbonyl (C=O) groups excluding carboxylic acids is 1. The molecule has 0 aliphatic carbocycles. The van der Waals surface area contributed by atoms with Gasteiger partial charge in [-0.2, -0.15) is 5.10 Å². The Bertz CT molecular complexity index is 829. The van der Waals surface area contributed by atoms with Crippen molar-refractivity contribution in [1.29, 1.82) is 0 Å². The van der Waals surface area contributed by atoms with E-state index in [1.807, 2.05) is 17.5 Å². The predicted octanol–water partition coefficient (Wildman–Crippen LogP) is 2.51. The summed E-state index contributed by atoms with van der Waals surface area (Å²) in [6, 6.07) is 9.15. The number of thiophene rings is 1. The molecule has 0 spiro atoms. The predicted molar refractivity (Wildman–Crippen MR) is 93.4 cm³/mol. The van der Waals surface area contributed by atoms with Gasteiger partial charge in [0.15, 0.2) is 5.82 Å². The molecule has 0 unspecified atom stereocenters. The Kier molecular flexibility index (Phi) is 4.76. The molecule has 2 heterocycles. The van der Waals surface area contributed by atoms with E-state index in [2.05, 4.69) is 25.8 Å². The van der Waals surface area contributed by atoms with Crippen molar-refractivity contribution < 1.29 is 9.53 Å². The van der Waals surface area contributed by atoms with Crippen molar-refractivity contribution in [3.05, 3.63) is 47.1 Å². The molecule has 3 aromatic rings. The lowest BCUT2D eigenvalue weighted by molar-refractivity contribution is 0.0963. The zero-order valence-electron chi connectivity index (χ0n) is 13.3. The average molecular weight is 343 g/mol. The quantitative estimate of drug-likeness (QED) is 0.640. The topological polar surface area (TPSA) is 91.9 Å². The molecular weight excluding hydrogens is 326 g/mol. The van der Waals surface area contributed by atoms with Crippen LogP contribution in [0.4, 0.5) is 5.69 Å². The van der Waals surface area contributed by atoms with Gasteiger partial charge >= 0.3 is 0 Å². The number of amides is 1. The number of aromatic nitrogens is 3. The fourth-order valence-corrected chi connectivity index (χ4v) is 2.86. The van der Waals surface area contributed by atoms with Crippen LogP contribution in [0.5, 0.6) is 5.75 Å². The van der Waals surface area contributed by atoms with Gasteiger partial charge in [0, 0.05) is 12.6 Å². The summed E-state index contributed by atoms with van der Waals surface area (Å²) in [7, 11) is 3.18. The van der Waals surface area contributed by atoms with Crippen molar-refractivity contribution in [2.24, 2.45) is 0 Å². The van der Waals surface area contributed by atoms with Gasteiger partial charge in [0.25, 0.3) is 5.91 Å². The monoisotopic (exact) mass is 343 g/mol. The first-order chi connectivity index (χ1) is 11.7. The van der Waals surface area contributed by atoms with Gasteiger partial charge in [0.1, 0.15) is 11.6 Å². The molecule has 2 aromatic heterocycles. The third-order valence-electron chi connectivity index (χ3n) is 3.41. The van der Waals surface area contributed by atoms with Gasteiger partial charge in [-0.05, 0) is 29.6 Å². The summed E-state index contributed by atoms with van der Waals surface area (Å²) < 4.78 is 5.33. The molecule has 0 fully saturated rings. The molecular formula is C16H17N5O2S. The number of nitrogens with zero attached hydrogens (tertiary/aromatic N) is 2. The Labute approximate surface area is 143 Å². The zero-order chi connectivity index (χ0) is 16.9. The molecule has 0 aliphatic heterocycles. The van der Waals surface area contributed by atoms with E-state index in [1.54, 1.807) is 43.7 Å². The van der Waals surface area contributed by atoms with Gasteiger partial charge in [0.05, 0.1) is 24.2 Å². The highest BCUT2D eigenvalue weighted by Gasteiger charge is 2.11. The van der Waals surface area contributed by atoms with Gasteiger partial charge in [-0.3, -0.25) is 9.89 Å². The van der Waals surface area contributed by atoms with E-state index in [0.29, 0.717) is 35.2 Å². The molecule has 0 saturated carbocycles. The van der Waals surface area contributed by atoms with E-state index in [-0.39, 0.29) is 5.91 Å². The molecule has 124 valence electrons. The smallest absolute Gasteiger partial charge is 0.251 e. The Morgan fingerprint density at radius 3 is 2.96 bits per heavy atom. The normalized spacial score (nSPS) is 10.4. The summed E-state index contributed by atoms with van der Waals surface area (Å²) in [5.74, 6) is 1.87. The Morgan fingerprint density at radius 1 is 1.38 bits per heavy atom. The minimum absolute atomic E-state index is 0.152. The lowest BCUT2D eigenvalue weighted by Crippen LogP contribution is -2.18. The minimum atomic E-state index is -0.152. The number of nitrogens with one attached hydrogen (secondary N) is 3. The Hall–Kier alpha value is -2.87. The molecule has 1 aromatic carbocycles. The minimum Gasteiger partial charge on any atom is -0.495 e. The van der Waals surface area contributed by atoms with Crippen molar-refractivity contribution in [2.75, 3.05) is 19.5 Å². The molecule has 0 bridgehead atoms. The van der Waals surface area contributed by atoms with E-state index in [9.17, 15) is 4.79 Å². The van der Waals surface area contributed by atoms with Gasteiger partial charge in [-0.15, -0.1) is 11.3 Å². The van der Waals surface area contributed by atoms with Crippen molar-refractivity contribution in [3.8, 4) is 16.5 Å². The van der Waals surface area contributed by atoms with Crippen molar-refractivity contribution in [1.82, 2.24) is 20.5 Å². The molecule has 8 heteroatoms. The summed E-state index contributed by atoms with van der Waals surface area (Å²) in [4.78, 5) is 17.2. The largest absolute Gasteiger partial charge is 0.495 e. The number of H-pyrrole nitrogens is 1. The van der Waals surface area contributed by atoms with Crippen LogP contribution in [-0.4, -0.2) is 35.2 Å². The summed E-state index contributed by atoms with van der Waals surface area (Å²) in [5.41, 5.74) is 1.27. The molecule has 0 aliphatic rings. The van der Waals surface area contributed by atoms with Gasteiger partial charge in [0.2, 0.25) is 0 Å². The Balaban J connectivity index is 1.75. The fourth-order valence-electron chi connectivity index (χ4n) is 2.20. The van der Waals surface area contributed by atoms with Crippen LogP contribution < -0.4 is 15.4 Å². The number of rotatable bonds is 6. The van der Waals surface area contributed by atoms with Crippen LogP contribution in [0.3, 0.4) is 0 Å². The van der Waals surface area contributed by atoms with E-state index >= 15 is 0 Å². The average Bonchev–Trinajstić information content (AvgIpc) is 3.30. The number of methoxy groups -OCH3 is 1. The lowest BCUT2D eigenvalue weighted by atomic mass is 10.1. The van der Waals surface area contributed by atoms with Crippen LogP contribution in [0.1, 0.15) is 16.2 Å². The molecule has 7 nitrogen and oxygen atoms in total. The second kappa shape index (κ2) is 7.14. The second-order valence-corrected chi connectivity index (χ2v) is 5.88. The first-order valence-electron chi connectivity index (χ1n) is 7.30. The molecule has 3 rings (SSSR count). The van der Waals surface area contributed by atoms with Crippen molar-refractivity contribution >= 4 is 22.9 Å². The number of carbonyl (C=O) groups is 1. The number of anilines is 1. The van der Waals surface area contributed by atoms with E-state index in [1.165, 1.54) is 0 Å². The highest BCUT2D eigenvalue weighted by atomic mass is 32.1. The van der Waals surface area contributed by atoms with Crippen LogP contribution in [0.25, 0.3) is 10.7 Å². The van der Waals surface area contributed by atoms with Gasteiger partial charge < -0.3 is 15.4 Å². The molecule has 24 heavy (non-hydrogen) atoms. The van der Waals surface area contributed by atoms with Gasteiger partial charge in [-0.25, -0.2) is 4.98 Å². The van der Waals surface area contributed by atoms with Crippen molar-refractivity contribution in [3.63, 3.8) is 0 Å². The molecule has 1 amide bonds. The van der Waals surface area contributed by atoms with E-state index < -0.39 is 0 Å². The van der Waals surface area contributed by atoms with Crippen LogP contribution in [0.2, 0.25) is 0 Å². The van der Waals surface area contributed by atoms with Crippen LogP contribution in [-0.2, 0) is 6.54 Å². The molecule has 0 atom stereocenters. The summed E-state index contributed by atoms with van der Waals surface area (Å²) in [6.07, 6.45) is 0. The third-order valence-corrected chi connectivity index (χ3v) is 4.27. The number of benzene rings is 1. The molecule has 3 N–H and O–H groups in total. The van der Waals surface area contributed by atoms with E-state index in [4.69, 9.17) is 4.74 Å². The van der Waals surface area contributed by atoms with Crippen molar-refractivity contribution in [2.45, 2.75) is 6.54 Å². The summed E-state index contributed by atoms with van der Waals surface area (Å²) >= 11 is 1.59. The molecule has 0 radical (unpaired) electrons. The first-order valence-corrected chi connectivity index (χ1v) is 8.18. The number of hydrogen-bond acceptors (Lipinski definition) is 6. The summed E-state index contributed by atoms with van der Waals surface area (Å²) in [5, 5.41) is 14.9. The third kappa shape index (κ3) is 3.38. The highest BCUT2D eigenvalue weighted by molar-refractivity contribution is 7.13.